The number of aromatic carboxylic acids is 1. The summed E-state index contributed by atoms with van der Waals surface area (Å²) in [5.74, 6) is -1.25. The van der Waals surface area contributed by atoms with Crippen molar-refractivity contribution in [2.45, 2.75) is 0 Å². The van der Waals surface area contributed by atoms with Crippen molar-refractivity contribution >= 4 is 17.3 Å². The van der Waals surface area contributed by atoms with Crippen LogP contribution >= 0.6 is 11.3 Å². The Kier molecular flexibility index (Phi) is 1.78. The first-order valence-electron chi connectivity index (χ1n) is 3.32. The molecule has 0 fully saturated rings. The van der Waals surface area contributed by atoms with Gasteiger partial charge in [0.2, 0.25) is 11.0 Å². The molecule has 2 aromatic rings. The van der Waals surface area contributed by atoms with Crippen LogP contribution in [-0.2, 0) is 0 Å². The highest BCUT2D eigenvalue weighted by molar-refractivity contribution is 7.12. The number of carboxylic acid groups (broad SMARTS) is 1. The van der Waals surface area contributed by atoms with Crippen molar-refractivity contribution in [3.05, 3.63) is 23.7 Å². The van der Waals surface area contributed by atoms with Gasteiger partial charge in [0.15, 0.2) is 0 Å². The molecule has 0 amide bonds. The monoisotopic (exact) mass is 196 g/mol. The van der Waals surface area contributed by atoms with Crippen LogP contribution in [0.4, 0.5) is 0 Å². The van der Waals surface area contributed by atoms with Crippen LogP contribution < -0.4 is 0 Å². The third kappa shape index (κ3) is 1.29. The molecule has 0 saturated carbocycles. The lowest BCUT2D eigenvalue weighted by Crippen LogP contribution is -2.08. The first kappa shape index (κ1) is 7.87. The SMILES string of the molecule is O=C(O)c1ncnn1-c1nccs1. The highest BCUT2D eigenvalue weighted by Crippen LogP contribution is 2.10. The van der Waals surface area contributed by atoms with Gasteiger partial charge >= 0.3 is 5.97 Å². The largest absolute Gasteiger partial charge is 0.475 e. The summed E-state index contributed by atoms with van der Waals surface area (Å²) in [5.41, 5.74) is 0. The van der Waals surface area contributed by atoms with Gasteiger partial charge in [0.1, 0.15) is 6.33 Å². The number of nitrogens with zero attached hydrogens (tertiary/aromatic N) is 4. The van der Waals surface area contributed by atoms with Crippen molar-refractivity contribution in [3.63, 3.8) is 0 Å². The summed E-state index contributed by atoms with van der Waals surface area (Å²) >= 11 is 1.30. The Morgan fingerprint density at radius 2 is 2.38 bits per heavy atom. The van der Waals surface area contributed by atoms with Gasteiger partial charge in [-0.1, -0.05) is 0 Å². The molecule has 2 heterocycles. The molecule has 13 heavy (non-hydrogen) atoms. The van der Waals surface area contributed by atoms with Crippen LogP contribution in [0, 0.1) is 0 Å². The number of thiazole rings is 1. The maximum atomic E-state index is 10.6. The predicted molar refractivity (Wildman–Crippen MR) is 44.0 cm³/mol. The highest BCUT2D eigenvalue weighted by atomic mass is 32.1. The van der Waals surface area contributed by atoms with Gasteiger partial charge in [-0.25, -0.2) is 14.8 Å². The van der Waals surface area contributed by atoms with Crippen molar-refractivity contribution in [2.24, 2.45) is 0 Å². The van der Waals surface area contributed by atoms with E-state index in [4.69, 9.17) is 5.11 Å². The fourth-order valence-corrected chi connectivity index (χ4v) is 1.45. The molecule has 66 valence electrons. The Hall–Kier alpha value is -1.76. The molecular weight excluding hydrogens is 192 g/mol. The normalized spacial score (nSPS) is 10.2. The standard InChI is InChI=1S/C6H4N4O2S/c11-5(12)4-8-3-9-10(4)6-7-1-2-13-6/h1-3H,(H,11,12). The first-order chi connectivity index (χ1) is 6.29. The van der Waals surface area contributed by atoms with Gasteiger partial charge in [0, 0.05) is 11.6 Å². The van der Waals surface area contributed by atoms with Crippen LogP contribution in [0.1, 0.15) is 10.6 Å². The number of rotatable bonds is 2. The Morgan fingerprint density at radius 3 is 3.00 bits per heavy atom. The quantitative estimate of drug-likeness (QED) is 0.752. The Labute approximate surface area is 76.5 Å². The van der Waals surface area contributed by atoms with Crippen LogP contribution in [0.2, 0.25) is 0 Å². The van der Waals surface area contributed by atoms with E-state index in [0.29, 0.717) is 5.13 Å². The zero-order valence-corrected chi connectivity index (χ0v) is 7.10. The average molecular weight is 196 g/mol. The molecular formula is C6H4N4O2S. The molecule has 1 N–H and O–H groups in total. The first-order valence-corrected chi connectivity index (χ1v) is 4.20. The number of aromatic nitrogens is 4. The lowest BCUT2D eigenvalue weighted by atomic mass is 10.6. The molecule has 7 heteroatoms. The second-order valence-corrected chi connectivity index (χ2v) is 2.99. The zero-order chi connectivity index (χ0) is 9.26. The number of carbonyl (C=O) groups is 1. The summed E-state index contributed by atoms with van der Waals surface area (Å²) in [5, 5.41) is 14.7. The van der Waals surface area contributed by atoms with Crippen molar-refractivity contribution in [1.82, 2.24) is 19.7 Å². The van der Waals surface area contributed by atoms with E-state index < -0.39 is 5.97 Å². The maximum Gasteiger partial charge on any atom is 0.374 e. The molecule has 0 atom stereocenters. The third-order valence-corrected chi connectivity index (χ3v) is 2.09. The summed E-state index contributed by atoms with van der Waals surface area (Å²) in [6, 6.07) is 0. The molecule has 0 bridgehead atoms. The second kappa shape index (κ2) is 2.94. The minimum atomic E-state index is -1.12. The van der Waals surface area contributed by atoms with E-state index in [2.05, 4.69) is 15.1 Å². The van der Waals surface area contributed by atoms with E-state index >= 15 is 0 Å². The highest BCUT2D eigenvalue weighted by Gasteiger charge is 2.14. The summed E-state index contributed by atoms with van der Waals surface area (Å²) in [7, 11) is 0. The van der Waals surface area contributed by atoms with E-state index in [9.17, 15) is 4.79 Å². The molecule has 0 aliphatic carbocycles. The summed E-state index contributed by atoms with van der Waals surface area (Å²) in [6.45, 7) is 0. The molecule has 2 aromatic heterocycles. The predicted octanol–water partition coefficient (Wildman–Crippen LogP) is 0.422. The Morgan fingerprint density at radius 1 is 1.54 bits per heavy atom. The topological polar surface area (TPSA) is 80.9 Å². The van der Waals surface area contributed by atoms with Gasteiger partial charge in [0.05, 0.1) is 0 Å². The fraction of sp³-hybridized carbons (Fsp3) is 0. The van der Waals surface area contributed by atoms with E-state index in [1.807, 2.05) is 0 Å². The van der Waals surface area contributed by atoms with Crippen molar-refractivity contribution in [3.8, 4) is 5.13 Å². The van der Waals surface area contributed by atoms with Gasteiger partial charge in [-0.3, -0.25) is 0 Å². The summed E-state index contributed by atoms with van der Waals surface area (Å²) in [4.78, 5) is 18.1. The molecule has 0 aromatic carbocycles. The maximum absolute atomic E-state index is 10.6. The Bertz CT molecular complexity index is 422. The zero-order valence-electron chi connectivity index (χ0n) is 6.28. The van der Waals surface area contributed by atoms with Gasteiger partial charge in [-0.05, 0) is 0 Å². The lowest BCUT2D eigenvalue weighted by molar-refractivity contribution is 0.0680. The van der Waals surface area contributed by atoms with Gasteiger partial charge in [0.25, 0.3) is 0 Å². The molecule has 0 unspecified atom stereocenters. The van der Waals surface area contributed by atoms with Crippen LogP contribution in [0.3, 0.4) is 0 Å². The van der Waals surface area contributed by atoms with Crippen molar-refractivity contribution < 1.29 is 9.90 Å². The van der Waals surface area contributed by atoms with Gasteiger partial charge in [-0.2, -0.15) is 9.78 Å². The van der Waals surface area contributed by atoms with E-state index in [-0.39, 0.29) is 5.82 Å². The summed E-state index contributed by atoms with van der Waals surface area (Å²) in [6.07, 6.45) is 2.76. The van der Waals surface area contributed by atoms with Crippen molar-refractivity contribution in [1.29, 1.82) is 0 Å². The molecule has 0 radical (unpaired) electrons. The van der Waals surface area contributed by atoms with E-state index in [1.54, 1.807) is 11.6 Å². The lowest BCUT2D eigenvalue weighted by Gasteiger charge is -1.95. The molecule has 6 nitrogen and oxygen atoms in total. The summed E-state index contributed by atoms with van der Waals surface area (Å²) < 4.78 is 1.19. The van der Waals surface area contributed by atoms with E-state index in [1.165, 1.54) is 22.3 Å². The fourth-order valence-electron chi connectivity index (χ4n) is 0.848. The molecule has 0 saturated heterocycles. The number of carboxylic acids is 1. The molecule has 2 rings (SSSR count). The minimum Gasteiger partial charge on any atom is -0.475 e. The Balaban J connectivity index is 2.52. The van der Waals surface area contributed by atoms with Crippen LogP contribution in [0.5, 0.6) is 0 Å². The smallest absolute Gasteiger partial charge is 0.374 e. The van der Waals surface area contributed by atoms with Gasteiger partial charge < -0.3 is 5.11 Å². The molecule has 0 aliphatic rings. The average Bonchev–Trinajstić information content (AvgIpc) is 2.74. The van der Waals surface area contributed by atoms with Crippen LogP contribution in [-0.4, -0.2) is 30.8 Å². The molecule has 0 spiro atoms. The number of hydrogen-bond acceptors (Lipinski definition) is 5. The third-order valence-electron chi connectivity index (χ3n) is 1.34. The van der Waals surface area contributed by atoms with Gasteiger partial charge in [-0.15, -0.1) is 11.3 Å². The van der Waals surface area contributed by atoms with Crippen LogP contribution in [0.15, 0.2) is 17.9 Å². The van der Waals surface area contributed by atoms with Crippen LogP contribution in [0.25, 0.3) is 5.13 Å². The molecule has 0 aliphatic heterocycles. The number of hydrogen-bond donors (Lipinski definition) is 1. The second-order valence-electron chi connectivity index (χ2n) is 2.12. The minimum absolute atomic E-state index is 0.130. The van der Waals surface area contributed by atoms with Crippen molar-refractivity contribution in [2.75, 3.05) is 0 Å². The van der Waals surface area contributed by atoms with E-state index in [0.717, 1.165) is 0 Å².